The third kappa shape index (κ3) is 6.88. The standard InChI is InChI=1S/C27H24N4O8S/c1-36-20-12-18(13-21(14-20)37-2)25-28-27(30-29-25)40-24(26(32)33)11-17-6-9-22(23(10-17)38-3)39-15-16-4-7-19(8-5-16)31(34)35/h4-14H,15H2,1-3H3,(H,32,33)(H,28,29,30)/b24-11-. The van der Waals surface area contributed by atoms with Gasteiger partial charge in [-0.15, -0.1) is 5.10 Å². The predicted octanol–water partition coefficient (Wildman–Crippen LogP) is 5.20. The van der Waals surface area contributed by atoms with Crippen molar-refractivity contribution in [1.82, 2.24) is 15.2 Å². The molecule has 206 valence electrons. The van der Waals surface area contributed by atoms with Crippen molar-refractivity contribution in [2.45, 2.75) is 11.8 Å². The molecule has 0 spiro atoms. The number of rotatable bonds is 12. The molecular formula is C27H24N4O8S. The Kier molecular flexibility index (Phi) is 8.86. The zero-order valence-corrected chi connectivity index (χ0v) is 22.4. The number of methoxy groups -OCH3 is 3. The molecule has 1 heterocycles. The van der Waals surface area contributed by atoms with Gasteiger partial charge in [0, 0.05) is 23.8 Å². The van der Waals surface area contributed by atoms with Gasteiger partial charge in [-0.1, -0.05) is 6.07 Å². The molecule has 2 N–H and O–H groups in total. The first-order chi connectivity index (χ1) is 19.3. The average Bonchev–Trinajstić information content (AvgIpc) is 3.44. The zero-order valence-electron chi connectivity index (χ0n) is 21.6. The first kappa shape index (κ1) is 28.0. The van der Waals surface area contributed by atoms with Gasteiger partial charge < -0.3 is 24.1 Å². The van der Waals surface area contributed by atoms with Crippen molar-refractivity contribution in [2.75, 3.05) is 21.3 Å². The molecule has 4 aromatic rings. The number of hydrogen-bond acceptors (Lipinski definition) is 10. The van der Waals surface area contributed by atoms with Gasteiger partial charge in [-0.2, -0.15) is 0 Å². The Bertz CT molecular complexity index is 1530. The molecule has 1 aromatic heterocycles. The van der Waals surface area contributed by atoms with E-state index < -0.39 is 10.9 Å². The number of ether oxygens (including phenoxy) is 4. The van der Waals surface area contributed by atoms with Crippen LogP contribution in [0.4, 0.5) is 5.69 Å². The maximum absolute atomic E-state index is 12.0. The molecule has 12 nitrogen and oxygen atoms in total. The Balaban J connectivity index is 1.50. The SMILES string of the molecule is COc1cc(OC)cc(-c2nc(S/C(=C\c3ccc(OCc4ccc([N+](=O)[O-])cc4)c(OC)c3)C(=O)O)n[nH]2)c1. The monoisotopic (exact) mass is 564 g/mol. The van der Waals surface area contributed by atoms with Gasteiger partial charge in [-0.25, -0.2) is 9.78 Å². The summed E-state index contributed by atoms with van der Waals surface area (Å²) in [6.45, 7) is 0.159. The summed E-state index contributed by atoms with van der Waals surface area (Å²) >= 11 is 0.881. The van der Waals surface area contributed by atoms with Crippen LogP contribution in [0.5, 0.6) is 23.0 Å². The minimum atomic E-state index is -1.16. The molecule has 4 rings (SSSR count). The topological polar surface area (TPSA) is 159 Å². The van der Waals surface area contributed by atoms with Crippen LogP contribution in [-0.2, 0) is 11.4 Å². The van der Waals surface area contributed by atoms with E-state index in [1.54, 1.807) is 48.5 Å². The fourth-order valence-corrected chi connectivity index (χ4v) is 4.23. The van der Waals surface area contributed by atoms with Crippen molar-refractivity contribution in [3.05, 3.63) is 86.8 Å². The lowest BCUT2D eigenvalue weighted by molar-refractivity contribution is -0.384. The van der Waals surface area contributed by atoms with Crippen LogP contribution in [0.25, 0.3) is 17.5 Å². The maximum Gasteiger partial charge on any atom is 0.342 e. The van der Waals surface area contributed by atoms with E-state index >= 15 is 0 Å². The third-order valence-corrected chi connectivity index (χ3v) is 6.41. The molecule has 0 saturated carbocycles. The molecule has 0 atom stereocenters. The van der Waals surface area contributed by atoms with E-state index in [1.807, 2.05) is 0 Å². The molecule has 0 bridgehead atoms. The van der Waals surface area contributed by atoms with Gasteiger partial charge in [0.25, 0.3) is 5.69 Å². The molecule has 13 heteroatoms. The maximum atomic E-state index is 12.0. The van der Waals surface area contributed by atoms with E-state index in [-0.39, 0.29) is 22.4 Å². The highest BCUT2D eigenvalue weighted by atomic mass is 32.2. The van der Waals surface area contributed by atoms with Crippen molar-refractivity contribution in [3.63, 3.8) is 0 Å². The fraction of sp³-hybridized carbons (Fsp3) is 0.148. The van der Waals surface area contributed by atoms with Crippen LogP contribution in [0, 0.1) is 10.1 Å². The number of H-pyrrole nitrogens is 1. The molecule has 3 aromatic carbocycles. The Hall–Kier alpha value is -5.04. The van der Waals surface area contributed by atoms with Crippen molar-refractivity contribution in [1.29, 1.82) is 0 Å². The van der Waals surface area contributed by atoms with E-state index in [9.17, 15) is 20.0 Å². The minimum absolute atomic E-state index is 0.00799. The van der Waals surface area contributed by atoms with Gasteiger partial charge in [0.2, 0.25) is 5.16 Å². The lowest BCUT2D eigenvalue weighted by Crippen LogP contribution is -1.99. The molecule has 0 saturated heterocycles. The number of carbonyl (C=O) groups is 1. The van der Waals surface area contributed by atoms with E-state index in [2.05, 4.69) is 15.2 Å². The highest BCUT2D eigenvalue weighted by Crippen LogP contribution is 2.33. The van der Waals surface area contributed by atoms with E-state index in [4.69, 9.17) is 18.9 Å². The summed E-state index contributed by atoms with van der Waals surface area (Å²) in [4.78, 5) is 26.8. The van der Waals surface area contributed by atoms with Crippen molar-refractivity contribution in [3.8, 4) is 34.4 Å². The van der Waals surface area contributed by atoms with Crippen molar-refractivity contribution < 1.29 is 33.8 Å². The number of benzene rings is 3. The molecule has 40 heavy (non-hydrogen) atoms. The van der Waals surface area contributed by atoms with Crippen LogP contribution in [0.3, 0.4) is 0 Å². The number of thioether (sulfide) groups is 1. The molecule has 0 radical (unpaired) electrons. The summed E-state index contributed by atoms with van der Waals surface area (Å²) in [5.41, 5.74) is 1.94. The highest BCUT2D eigenvalue weighted by molar-refractivity contribution is 8.04. The number of aromatic amines is 1. The number of carboxylic acid groups (broad SMARTS) is 1. The predicted molar refractivity (Wildman–Crippen MR) is 147 cm³/mol. The number of carboxylic acids is 1. The first-order valence-corrected chi connectivity index (χ1v) is 12.4. The second-order valence-electron chi connectivity index (χ2n) is 8.11. The van der Waals surface area contributed by atoms with Crippen LogP contribution in [0.2, 0.25) is 0 Å². The number of non-ortho nitro benzene ring substituents is 1. The number of nitrogens with zero attached hydrogens (tertiary/aromatic N) is 3. The Morgan fingerprint density at radius 3 is 2.30 bits per heavy atom. The lowest BCUT2D eigenvalue weighted by atomic mass is 10.2. The Morgan fingerprint density at radius 1 is 1.00 bits per heavy atom. The normalized spacial score (nSPS) is 11.1. The van der Waals surface area contributed by atoms with E-state index in [0.717, 1.165) is 17.3 Å². The van der Waals surface area contributed by atoms with Crippen LogP contribution in [0.15, 0.2) is 70.7 Å². The van der Waals surface area contributed by atoms with Crippen molar-refractivity contribution in [2.24, 2.45) is 0 Å². The van der Waals surface area contributed by atoms with Gasteiger partial charge >= 0.3 is 5.97 Å². The largest absolute Gasteiger partial charge is 0.497 e. The summed E-state index contributed by atoms with van der Waals surface area (Å²) < 4.78 is 21.8. The quantitative estimate of drug-likeness (QED) is 0.101. The molecule has 0 amide bonds. The molecule has 0 aliphatic carbocycles. The summed E-state index contributed by atoms with van der Waals surface area (Å²) in [7, 11) is 4.55. The number of nitrogens with one attached hydrogen (secondary N) is 1. The molecule has 0 aliphatic rings. The van der Waals surface area contributed by atoms with Gasteiger partial charge in [-0.05, 0) is 65.4 Å². The van der Waals surface area contributed by atoms with Gasteiger partial charge in [-0.3, -0.25) is 15.2 Å². The minimum Gasteiger partial charge on any atom is -0.497 e. The van der Waals surface area contributed by atoms with E-state index in [1.165, 1.54) is 39.5 Å². The average molecular weight is 565 g/mol. The Labute approximate surface area is 232 Å². The molecule has 0 unspecified atom stereocenters. The number of nitro benzene ring substituents is 1. The van der Waals surface area contributed by atoms with Gasteiger partial charge in [0.15, 0.2) is 17.3 Å². The second kappa shape index (κ2) is 12.7. The smallest absolute Gasteiger partial charge is 0.342 e. The van der Waals surface area contributed by atoms with Crippen LogP contribution < -0.4 is 18.9 Å². The summed E-state index contributed by atoms with van der Waals surface area (Å²) in [5.74, 6) is 1.21. The van der Waals surface area contributed by atoms with Gasteiger partial charge in [0.1, 0.15) is 23.0 Å². The summed E-state index contributed by atoms with van der Waals surface area (Å²) in [6, 6.07) is 16.2. The highest BCUT2D eigenvalue weighted by Gasteiger charge is 2.16. The zero-order chi connectivity index (χ0) is 28.6. The fourth-order valence-electron chi connectivity index (χ4n) is 3.52. The second-order valence-corrected chi connectivity index (χ2v) is 9.12. The third-order valence-electron chi connectivity index (χ3n) is 5.53. The molecule has 0 fully saturated rings. The Morgan fingerprint density at radius 2 is 1.70 bits per heavy atom. The van der Waals surface area contributed by atoms with Crippen LogP contribution >= 0.6 is 11.8 Å². The number of nitro groups is 1. The van der Waals surface area contributed by atoms with Gasteiger partial charge in [0.05, 0.1) is 26.3 Å². The number of aliphatic carboxylic acids is 1. The van der Waals surface area contributed by atoms with Crippen molar-refractivity contribution >= 4 is 29.5 Å². The number of hydrogen-bond donors (Lipinski definition) is 2. The van der Waals surface area contributed by atoms with Crippen LogP contribution in [-0.4, -0.2) is 52.5 Å². The van der Waals surface area contributed by atoms with Crippen LogP contribution in [0.1, 0.15) is 11.1 Å². The summed E-state index contributed by atoms with van der Waals surface area (Å²) in [6.07, 6.45) is 1.47. The lowest BCUT2D eigenvalue weighted by Gasteiger charge is -2.11. The number of aromatic nitrogens is 3. The van der Waals surface area contributed by atoms with E-state index in [0.29, 0.717) is 39.9 Å². The summed E-state index contributed by atoms with van der Waals surface area (Å²) in [5, 5.41) is 27.8. The first-order valence-electron chi connectivity index (χ1n) is 11.6. The molecule has 0 aliphatic heterocycles. The molecular weight excluding hydrogens is 540 g/mol.